The minimum absolute atomic E-state index is 0.0958. The molecular weight excluding hydrogens is 551 g/mol. The first-order chi connectivity index (χ1) is 19.4. The molecule has 0 amide bonds. The number of benzene rings is 1. The first kappa shape index (κ1) is 30.4. The number of anilines is 1. The highest BCUT2D eigenvalue weighted by Gasteiger charge is 2.40. The highest BCUT2D eigenvalue weighted by Crippen LogP contribution is 2.48. The fourth-order valence-corrected chi connectivity index (χ4v) is 5.88. The Labute approximate surface area is 237 Å². The summed E-state index contributed by atoms with van der Waals surface area (Å²) in [7, 11) is -4.43. The van der Waals surface area contributed by atoms with E-state index >= 15 is 0 Å². The van der Waals surface area contributed by atoms with Crippen molar-refractivity contribution in [2.45, 2.75) is 65.7 Å². The first-order valence-corrected chi connectivity index (χ1v) is 14.7. The van der Waals surface area contributed by atoms with E-state index in [1.54, 1.807) is 24.5 Å². The lowest BCUT2D eigenvalue weighted by Crippen LogP contribution is -2.40. The van der Waals surface area contributed by atoms with Gasteiger partial charge in [0.15, 0.2) is 11.6 Å². The molecule has 41 heavy (non-hydrogen) atoms. The van der Waals surface area contributed by atoms with E-state index in [9.17, 15) is 14.5 Å². The number of carbonyl (C=O) groups excluding carboxylic acids is 1. The minimum Gasteiger partial charge on any atom is -0.462 e. The molecule has 0 fully saturated rings. The number of ether oxygens (including phenoxy) is 2. The Morgan fingerprint density at radius 2 is 1.95 bits per heavy atom. The molecule has 0 bridgehead atoms. The Bertz CT molecular complexity index is 1560. The third kappa shape index (κ3) is 7.38. The topological polar surface area (TPSA) is 173 Å². The van der Waals surface area contributed by atoms with Crippen LogP contribution in [0.5, 0.6) is 5.75 Å². The zero-order valence-electron chi connectivity index (χ0n) is 23.6. The summed E-state index contributed by atoms with van der Waals surface area (Å²) in [5, 5.41) is 14.9. The Kier molecular flexibility index (Phi) is 9.25. The number of esters is 1. The van der Waals surface area contributed by atoms with E-state index in [1.807, 2.05) is 31.2 Å². The van der Waals surface area contributed by atoms with E-state index in [1.165, 1.54) is 32.3 Å². The number of aliphatic hydroxyl groups is 1. The van der Waals surface area contributed by atoms with Crippen molar-refractivity contribution in [1.29, 1.82) is 0 Å². The van der Waals surface area contributed by atoms with Crippen LogP contribution in [0.4, 0.5) is 5.82 Å². The molecule has 0 saturated carbocycles. The van der Waals surface area contributed by atoms with Gasteiger partial charge < -0.3 is 29.4 Å². The van der Waals surface area contributed by atoms with Gasteiger partial charge in [-0.15, -0.1) is 0 Å². The zero-order valence-corrected chi connectivity index (χ0v) is 24.5. The maximum Gasteiger partial charge on any atom is 0.462 e. The number of rotatable bonds is 13. The maximum atomic E-state index is 14.1. The number of para-hydroxylation sites is 1. The van der Waals surface area contributed by atoms with Crippen molar-refractivity contribution in [3.05, 3.63) is 54.6 Å². The average Bonchev–Trinajstić information content (AvgIpc) is 3.25. The monoisotopic (exact) mass is 586 g/mol. The summed E-state index contributed by atoms with van der Waals surface area (Å²) in [5.41, 5.74) is 7.91. The second kappa shape index (κ2) is 12.5. The third-order valence-corrected chi connectivity index (χ3v) is 7.60. The van der Waals surface area contributed by atoms with Crippen LogP contribution in [0, 0.1) is 0 Å². The minimum atomic E-state index is -4.43. The summed E-state index contributed by atoms with van der Waals surface area (Å²) in [6.45, 7) is 8.29. The van der Waals surface area contributed by atoms with E-state index in [0.29, 0.717) is 29.0 Å². The van der Waals surface area contributed by atoms with Crippen molar-refractivity contribution >= 4 is 41.5 Å². The van der Waals surface area contributed by atoms with Crippen LogP contribution in [0.3, 0.4) is 0 Å². The zero-order chi connectivity index (χ0) is 29.8. The molecule has 2 unspecified atom stereocenters. The van der Waals surface area contributed by atoms with Crippen molar-refractivity contribution in [2.75, 3.05) is 12.3 Å². The van der Waals surface area contributed by atoms with Crippen LogP contribution in [0.2, 0.25) is 0 Å². The van der Waals surface area contributed by atoms with Gasteiger partial charge in [-0.25, -0.2) is 14.5 Å². The number of nitrogens with zero attached hydrogens (tertiary/aromatic N) is 4. The molecule has 0 spiro atoms. The number of aromatic nitrogens is 4. The van der Waals surface area contributed by atoms with Gasteiger partial charge >= 0.3 is 13.7 Å². The van der Waals surface area contributed by atoms with Gasteiger partial charge in [0.1, 0.15) is 29.7 Å². The molecule has 0 aliphatic heterocycles. The Balaban J connectivity index is 1.73. The summed E-state index contributed by atoms with van der Waals surface area (Å²) in [4.78, 5) is 25.6. The second-order valence-corrected chi connectivity index (χ2v) is 11.5. The lowest BCUT2D eigenvalue weighted by molar-refractivity contribution is -0.150. The van der Waals surface area contributed by atoms with E-state index in [-0.39, 0.29) is 24.7 Å². The Hall–Kier alpha value is -3.61. The van der Waals surface area contributed by atoms with Gasteiger partial charge in [0.2, 0.25) is 0 Å². The number of fused-ring (bicyclic) bond motifs is 3. The Morgan fingerprint density at radius 3 is 2.63 bits per heavy atom. The molecule has 0 radical (unpaired) electrons. The number of nitrogen functional groups attached to an aromatic ring is 1. The van der Waals surface area contributed by atoms with Crippen LogP contribution in [0.1, 0.15) is 40.4 Å². The van der Waals surface area contributed by atoms with Crippen molar-refractivity contribution in [2.24, 2.45) is 0 Å². The molecule has 3 heterocycles. The van der Waals surface area contributed by atoms with Crippen LogP contribution in [0.25, 0.3) is 21.9 Å². The molecule has 0 aliphatic rings. The van der Waals surface area contributed by atoms with Gasteiger partial charge in [-0.05, 0) is 52.8 Å². The fraction of sp³-hybridized carbons (Fsp3) is 0.407. The summed E-state index contributed by atoms with van der Waals surface area (Å²) >= 11 is 0. The number of imidazole rings is 1. The molecule has 0 aliphatic carbocycles. The number of pyridine rings is 2. The predicted molar refractivity (Wildman–Crippen MR) is 153 cm³/mol. The lowest BCUT2D eigenvalue weighted by Gasteiger charge is -2.31. The van der Waals surface area contributed by atoms with Gasteiger partial charge in [-0.1, -0.05) is 18.2 Å². The highest BCUT2D eigenvalue weighted by molar-refractivity contribution is 7.52. The normalized spacial score (nSPS) is 15.5. The van der Waals surface area contributed by atoms with E-state index in [2.05, 4.69) is 20.0 Å². The fourth-order valence-electron chi connectivity index (χ4n) is 4.20. The molecular formula is C27H35N6O7P. The molecule has 4 N–H and O–H groups in total. The lowest BCUT2D eigenvalue weighted by atomic mass is 10.2. The number of nitrogens with one attached hydrogen (secondary N) is 1. The number of nitrogens with two attached hydrogens (primary N) is 1. The van der Waals surface area contributed by atoms with Crippen molar-refractivity contribution in [3.8, 4) is 5.75 Å². The quantitative estimate of drug-likeness (QED) is 0.117. The first-order valence-electron chi connectivity index (χ1n) is 13.1. The molecule has 220 valence electrons. The van der Waals surface area contributed by atoms with Crippen LogP contribution in [-0.4, -0.2) is 55.1 Å². The molecule has 14 heteroatoms. The maximum absolute atomic E-state index is 14.1. The Morgan fingerprint density at radius 1 is 1.20 bits per heavy atom. The molecule has 4 aromatic rings. The van der Waals surface area contributed by atoms with Crippen LogP contribution in [-0.2, 0) is 36.5 Å². The van der Waals surface area contributed by atoms with Crippen LogP contribution in [0.15, 0.2) is 48.8 Å². The molecule has 3 atom stereocenters. The van der Waals surface area contributed by atoms with E-state index in [4.69, 9.17) is 24.3 Å². The predicted octanol–water partition coefficient (Wildman–Crippen LogP) is 3.94. The van der Waals surface area contributed by atoms with Gasteiger partial charge in [0.25, 0.3) is 0 Å². The largest absolute Gasteiger partial charge is 0.462 e. The summed E-state index contributed by atoms with van der Waals surface area (Å²) in [5.74, 6) is -2.05. The van der Waals surface area contributed by atoms with Crippen molar-refractivity contribution in [1.82, 2.24) is 24.6 Å². The summed E-state index contributed by atoms with van der Waals surface area (Å²) in [6, 6.07) is 9.36. The molecule has 3 aromatic heterocycles. The van der Waals surface area contributed by atoms with Gasteiger partial charge in [0.05, 0.1) is 29.9 Å². The van der Waals surface area contributed by atoms with Crippen LogP contribution < -0.4 is 15.3 Å². The van der Waals surface area contributed by atoms with Gasteiger partial charge in [-0.2, -0.15) is 5.09 Å². The standard InChI is InChI=1S/C27H35N6O7P/c1-6-37-15-22-31-23-24(20-11-7-8-12-21(20)30-25(23)28)33(22)16-27(5,35)40-41(36,39-19-10-9-13-29-14-19)32-18(4)26(34)38-17(2)3/h7-14,17-18,35H,6,15-16H2,1-5H3,(H2,28,30)(H,32,36)/t18-,27?,41?/m0/s1. The number of hydrogen-bond donors (Lipinski definition) is 3. The second-order valence-electron chi connectivity index (χ2n) is 9.84. The molecule has 4 rings (SSSR count). The van der Waals surface area contributed by atoms with Crippen LogP contribution >= 0.6 is 7.75 Å². The number of carbonyl (C=O) groups is 1. The van der Waals surface area contributed by atoms with Crippen molar-refractivity contribution < 1.29 is 33.0 Å². The molecule has 13 nitrogen and oxygen atoms in total. The summed E-state index contributed by atoms with van der Waals surface area (Å²) < 4.78 is 38.1. The third-order valence-electron chi connectivity index (χ3n) is 5.81. The van der Waals surface area contributed by atoms with E-state index < -0.39 is 31.6 Å². The number of hydrogen-bond acceptors (Lipinski definition) is 11. The molecule has 0 saturated heterocycles. The van der Waals surface area contributed by atoms with E-state index in [0.717, 1.165) is 5.39 Å². The summed E-state index contributed by atoms with van der Waals surface area (Å²) in [6.07, 6.45) is 2.44. The average molecular weight is 587 g/mol. The van der Waals surface area contributed by atoms with Gasteiger partial charge in [-0.3, -0.25) is 14.3 Å². The SMILES string of the molecule is CCOCc1nc2c(N)nc3ccccc3c2n1CC(C)(O)OP(=O)(N[C@@H](C)C(=O)OC(C)C)Oc1cccnc1. The smallest absolute Gasteiger partial charge is 0.462 e. The van der Waals surface area contributed by atoms with Gasteiger partial charge in [0, 0.05) is 18.2 Å². The van der Waals surface area contributed by atoms with Crippen molar-refractivity contribution in [3.63, 3.8) is 0 Å². The molecule has 1 aromatic carbocycles. The highest BCUT2D eigenvalue weighted by atomic mass is 31.2.